The number of nitrogens with zero attached hydrogens (tertiary/aromatic N) is 1. The van der Waals surface area contributed by atoms with Gasteiger partial charge in [-0.15, -0.1) is 0 Å². The summed E-state index contributed by atoms with van der Waals surface area (Å²) < 4.78 is 0. The van der Waals surface area contributed by atoms with Gasteiger partial charge in [-0.3, -0.25) is 0 Å². The van der Waals surface area contributed by atoms with Crippen LogP contribution in [0.15, 0.2) is 186 Å². The first-order valence-corrected chi connectivity index (χ1v) is 17.9. The molecule has 0 amide bonds. The van der Waals surface area contributed by atoms with Crippen LogP contribution in [-0.4, -0.2) is 5.84 Å². The number of amidine groups is 1. The highest BCUT2D eigenvalue weighted by Gasteiger charge is 2.46. The van der Waals surface area contributed by atoms with Crippen LogP contribution in [0.1, 0.15) is 60.4 Å². The van der Waals surface area contributed by atoms with Crippen molar-refractivity contribution >= 4 is 11.5 Å². The zero-order valence-electron chi connectivity index (χ0n) is 28.6. The van der Waals surface area contributed by atoms with Gasteiger partial charge in [0.2, 0.25) is 0 Å². The molecule has 0 saturated carbocycles. The molecular formula is C48H42N2. The number of benzene rings is 5. The topological polar surface area (TPSA) is 38.4 Å². The van der Waals surface area contributed by atoms with Gasteiger partial charge in [-0.25, -0.2) is 4.99 Å². The van der Waals surface area contributed by atoms with Crippen molar-refractivity contribution in [2.24, 2.45) is 16.6 Å². The van der Waals surface area contributed by atoms with E-state index in [-0.39, 0.29) is 5.92 Å². The van der Waals surface area contributed by atoms with Crippen LogP contribution in [0.2, 0.25) is 0 Å². The van der Waals surface area contributed by atoms with Gasteiger partial charge in [-0.1, -0.05) is 171 Å². The SMILES string of the molecule is CC(/C=C(\N=C(/N)C1=CC=CCC1)c1ccc(-c2ccc3c(c2)C(c2ccccc2)(c2ccccc2)c2ccccc2-3)cc1)C1=CCCC=C1. The lowest BCUT2D eigenvalue weighted by Crippen LogP contribution is -2.28. The van der Waals surface area contributed by atoms with E-state index in [1.165, 1.54) is 50.1 Å². The van der Waals surface area contributed by atoms with Gasteiger partial charge in [-0.05, 0) is 93.0 Å². The Morgan fingerprint density at radius 3 is 2.06 bits per heavy atom. The van der Waals surface area contributed by atoms with Gasteiger partial charge < -0.3 is 5.73 Å². The third-order valence-electron chi connectivity index (χ3n) is 10.5. The maximum atomic E-state index is 6.65. The molecule has 3 aliphatic rings. The number of aliphatic imine (C=N–C) groups is 1. The van der Waals surface area contributed by atoms with E-state index in [4.69, 9.17) is 10.7 Å². The molecule has 0 fully saturated rings. The molecule has 1 atom stereocenters. The maximum absolute atomic E-state index is 6.65. The minimum atomic E-state index is -0.423. The van der Waals surface area contributed by atoms with Crippen molar-refractivity contribution in [2.75, 3.05) is 0 Å². The van der Waals surface area contributed by atoms with E-state index in [9.17, 15) is 0 Å². The van der Waals surface area contributed by atoms with E-state index in [0.29, 0.717) is 5.84 Å². The van der Waals surface area contributed by atoms with Crippen molar-refractivity contribution < 1.29 is 0 Å². The van der Waals surface area contributed by atoms with Crippen LogP contribution in [0.3, 0.4) is 0 Å². The van der Waals surface area contributed by atoms with Crippen molar-refractivity contribution in [1.29, 1.82) is 0 Å². The molecule has 5 aromatic rings. The first kappa shape index (κ1) is 31.5. The van der Waals surface area contributed by atoms with Gasteiger partial charge in [0.25, 0.3) is 0 Å². The average Bonchev–Trinajstić information content (AvgIpc) is 3.49. The molecule has 0 aromatic heterocycles. The minimum Gasteiger partial charge on any atom is -0.383 e. The van der Waals surface area contributed by atoms with Crippen molar-refractivity contribution in [3.8, 4) is 22.3 Å². The van der Waals surface area contributed by atoms with E-state index in [2.05, 4.69) is 177 Å². The quantitative estimate of drug-likeness (QED) is 0.130. The molecule has 2 N–H and O–H groups in total. The Morgan fingerprint density at radius 1 is 0.700 bits per heavy atom. The fourth-order valence-corrected chi connectivity index (χ4v) is 7.98. The number of fused-ring (bicyclic) bond motifs is 3. The van der Waals surface area contributed by atoms with Crippen LogP contribution in [-0.2, 0) is 5.41 Å². The molecule has 244 valence electrons. The van der Waals surface area contributed by atoms with Gasteiger partial charge in [0.15, 0.2) is 0 Å². The summed E-state index contributed by atoms with van der Waals surface area (Å²) in [7, 11) is 0. The summed E-state index contributed by atoms with van der Waals surface area (Å²) in [6, 6.07) is 46.8. The monoisotopic (exact) mass is 646 g/mol. The zero-order chi connectivity index (χ0) is 33.9. The standard InChI is InChI=1S/C48H42N2/c1-34(35-16-6-2-7-17-35)32-46(50-47(49)38-18-8-3-9-19-38)37-28-26-36(27-29-37)39-30-31-43-42-24-14-15-25-44(42)48(45(43)33-39,40-20-10-4-11-21-40)41-22-12-5-13-23-41/h3-6,8,10-18,20-34H,2,7,9,19H2,1H3,(H2,49,50)/b46-32-. The van der Waals surface area contributed by atoms with Gasteiger partial charge in [0.05, 0.1) is 11.1 Å². The predicted molar refractivity (Wildman–Crippen MR) is 211 cm³/mol. The summed E-state index contributed by atoms with van der Waals surface area (Å²) >= 11 is 0. The van der Waals surface area contributed by atoms with Crippen molar-refractivity contribution in [3.05, 3.63) is 209 Å². The van der Waals surface area contributed by atoms with E-state index in [1.807, 2.05) is 0 Å². The Bertz CT molecular complexity index is 2170. The predicted octanol–water partition coefficient (Wildman–Crippen LogP) is 11.6. The molecule has 0 heterocycles. The van der Waals surface area contributed by atoms with Crippen LogP contribution in [0.5, 0.6) is 0 Å². The van der Waals surface area contributed by atoms with Crippen LogP contribution in [0.4, 0.5) is 0 Å². The van der Waals surface area contributed by atoms with Crippen LogP contribution < -0.4 is 5.73 Å². The van der Waals surface area contributed by atoms with Gasteiger partial charge in [0, 0.05) is 5.92 Å². The Hall–Kier alpha value is -5.73. The normalized spacial score (nSPS) is 17.1. The van der Waals surface area contributed by atoms with Crippen molar-refractivity contribution in [2.45, 2.75) is 38.0 Å². The third-order valence-corrected chi connectivity index (χ3v) is 10.5. The lowest BCUT2D eigenvalue weighted by atomic mass is 9.67. The van der Waals surface area contributed by atoms with Crippen molar-refractivity contribution in [3.63, 3.8) is 0 Å². The molecule has 5 aromatic carbocycles. The molecule has 2 heteroatoms. The van der Waals surface area contributed by atoms with Crippen LogP contribution in [0, 0.1) is 5.92 Å². The second-order valence-electron chi connectivity index (χ2n) is 13.5. The third kappa shape index (κ3) is 5.71. The van der Waals surface area contributed by atoms with Crippen LogP contribution in [0.25, 0.3) is 28.0 Å². The highest BCUT2D eigenvalue weighted by atomic mass is 14.9. The highest BCUT2D eigenvalue weighted by Crippen LogP contribution is 2.56. The Morgan fingerprint density at radius 2 is 1.38 bits per heavy atom. The fraction of sp³-hybridized carbons (Fsp3) is 0.146. The Labute approximate surface area is 296 Å². The second-order valence-corrected chi connectivity index (χ2v) is 13.5. The summed E-state index contributed by atoms with van der Waals surface area (Å²) in [5.74, 6) is 0.821. The minimum absolute atomic E-state index is 0.223. The van der Waals surface area contributed by atoms with Crippen molar-refractivity contribution in [1.82, 2.24) is 0 Å². The highest BCUT2D eigenvalue weighted by molar-refractivity contribution is 6.00. The molecule has 50 heavy (non-hydrogen) atoms. The Kier molecular flexibility index (Phi) is 8.61. The van der Waals surface area contributed by atoms with Gasteiger partial charge >= 0.3 is 0 Å². The zero-order valence-corrected chi connectivity index (χ0v) is 28.6. The number of hydrogen-bond acceptors (Lipinski definition) is 1. The smallest absolute Gasteiger partial charge is 0.127 e. The Balaban J connectivity index is 1.22. The number of hydrogen-bond donors (Lipinski definition) is 1. The molecule has 0 bridgehead atoms. The molecule has 2 nitrogen and oxygen atoms in total. The number of allylic oxidation sites excluding steroid dienone is 8. The lowest BCUT2D eigenvalue weighted by molar-refractivity contribution is 0.769. The number of rotatable bonds is 8. The molecule has 0 spiro atoms. The molecule has 0 aliphatic heterocycles. The maximum Gasteiger partial charge on any atom is 0.127 e. The van der Waals surface area contributed by atoms with Gasteiger partial charge in [-0.2, -0.15) is 0 Å². The van der Waals surface area contributed by atoms with E-state index < -0.39 is 5.41 Å². The summed E-state index contributed by atoms with van der Waals surface area (Å²) in [6.07, 6.45) is 19.6. The molecule has 0 saturated heterocycles. The molecule has 8 rings (SSSR count). The molecule has 3 aliphatic carbocycles. The van der Waals surface area contributed by atoms with E-state index >= 15 is 0 Å². The fourth-order valence-electron chi connectivity index (χ4n) is 7.98. The van der Waals surface area contributed by atoms with E-state index in [0.717, 1.165) is 42.5 Å². The summed E-state index contributed by atoms with van der Waals surface area (Å²) in [4.78, 5) is 5.07. The molecule has 0 radical (unpaired) electrons. The second kappa shape index (κ2) is 13.6. The first-order chi connectivity index (χ1) is 24.6. The average molecular weight is 647 g/mol. The lowest BCUT2D eigenvalue weighted by Gasteiger charge is -2.34. The number of nitrogens with two attached hydrogens (primary N) is 1. The van der Waals surface area contributed by atoms with E-state index in [1.54, 1.807) is 0 Å². The summed E-state index contributed by atoms with van der Waals surface area (Å²) in [5, 5.41) is 0. The molecular weight excluding hydrogens is 605 g/mol. The summed E-state index contributed by atoms with van der Waals surface area (Å²) in [5.41, 5.74) is 20.8. The van der Waals surface area contributed by atoms with Gasteiger partial charge in [0.1, 0.15) is 5.84 Å². The summed E-state index contributed by atoms with van der Waals surface area (Å²) in [6.45, 7) is 2.25. The van der Waals surface area contributed by atoms with Crippen LogP contribution >= 0.6 is 0 Å². The molecule has 1 unspecified atom stereocenters. The first-order valence-electron chi connectivity index (χ1n) is 17.9. The largest absolute Gasteiger partial charge is 0.383 e.